The van der Waals surface area contributed by atoms with Gasteiger partial charge < -0.3 is 9.26 Å². The Morgan fingerprint density at radius 2 is 2.07 bits per heavy atom. The molecule has 1 saturated heterocycles. The molecule has 1 aliphatic rings. The van der Waals surface area contributed by atoms with Crippen molar-refractivity contribution >= 4 is 0 Å². The van der Waals surface area contributed by atoms with Gasteiger partial charge in [-0.25, -0.2) is 0 Å². The zero-order chi connectivity index (χ0) is 10.8. The third-order valence-electron chi connectivity index (χ3n) is 2.55. The Kier molecular flexibility index (Phi) is 3.07. The maximum absolute atomic E-state index is 5.67. The Bertz CT molecular complexity index is 314. The Morgan fingerprint density at radius 1 is 1.40 bits per heavy atom. The molecule has 0 aliphatic carbocycles. The van der Waals surface area contributed by atoms with E-state index in [0.717, 1.165) is 31.1 Å². The summed E-state index contributed by atoms with van der Waals surface area (Å²) in [6.45, 7) is 8.91. The summed E-state index contributed by atoms with van der Waals surface area (Å²) in [7, 11) is 0. The fraction of sp³-hybridized carbons (Fsp3) is 0.727. The topological polar surface area (TPSA) is 38.5 Å². The first-order chi connectivity index (χ1) is 7.13. The summed E-state index contributed by atoms with van der Waals surface area (Å²) in [5, 5.41) is 3.89. The predicted molar refractivity (Wildman–Crippen MR) is 56.5 cm³/mol. The lowest BCUT2D eigenvalue weighted by Crippen LogP contribution is -2.44. The molecule has 0 spiro atoms. The van der Waals surface area contributed by atoms with Crippen molar-refractivity contribution in [1.29, 1.82) is 0 Å². The van der Waals surface area contributed by atoms with Crippen LogP contribution in [0.25, 0.3) is 0 Å². The van der Waals surface area contributed by atoms with Crippen LogP contribution >= 0.6 is 0 Å². The summed E-state index contributed by atoms with van der Waals surface area (Å²) in [6, 6.07) is 1.99. The van der Waals surface area contributed by atoms with Gasteiger partial charge in [0.25, 0.3) is 0 Å². The second-order valence-corrected chi connectivity index (χ2v) is 4.39. The molecule has 0 radical (unpaired) electrons. The van der Waals surface area contributed by atoms with Crippen molar-refractivity contribution in [2.75, 3.05) is 13.1 Å². The number of ether oxygens (including phenoxy) is 1. The Balaban J connectivity index is 1.94. The van der Waals surface area contributed by atoms with E-state index in [4.69, 9.17) is 9.26 Å². The molecule has 2 atom stereocenters. The maximum atomic E-state index is 5.67. The van der Waals surface area contributed by atoms with Gasteiger partial charge in [0.2, 0.25) is 0 Å². The van der Waals surface area contributed by atoms with Crippen molar-refractivity contribution in [2.24, 2.45) is 0 Å². The molecule has 2 unspecified atom stereocenters. The lowest BCUT2D eigenvalue weighted by atomic mass is 10.2. The van der Waals surface area contributed by atoms with Gasteiger partial charge in [-0.1, -0.05) is 5.16 Å². The van der Waals surface area contributed by atoms with Gasteiger partial charge >= 0.3 is 0 Å². The van der Waals surface area contributed by atoms with E-state index in [1.807, 2.05) is 13.0 Å². The highest BCUT2D eigenvalue weighted by Gasteiger charge is 2.22. The summed E-state index contributed by atoms with van der Waals surface area (Å²) >= 11 is 0. The first-order valence-corrected chi connectivity index (χ1v) is 5.43. The minimum absolute atomic E-state index is 0.303. The number of aromatic nitrogens is 1. The molecule has 2 rings (SSSR count). The normalized spacial score (nSPS) is 28.2. The van der Waals surface area contributed by atoms with Gasteiger partial charge in [0.05, 0.1) is 24.4 Å². The van der Waals surface area contributed by atoms with Crippen molar-refractivity contribution in [3.8, 4) is 0 Å². The fourth-order valence-electron chi connectivity index (χ4n) is 2.12. The van der Waals surface area contributed by atoms with Crippen LogP contribution in [0.1, 0.15) is 25.3 Å². The smallest absolute Gasteiger partial charge is 0.150 e. The summed E-state index contributed by atoms with van der Waals surface area (Å²) in [5.41, 5.74) is 0.944. The highest BCUT2D eigenvalue weighted by atomic mass is 16.5. The van der Waals surface area contributed by atoms with Crippen LogP contribution in [0.5, 0.6) is 0 Å². The molecule has 0 saturated carbocycles. The molecule has 4 heteroatoms. The second-order valence-electron chi connectivity index (χ2n) is 4.39. The zero-order valence-corrected chi connectivity index (χ0v) is 9.56. The van der Waals surface area contributed by atoms with Gasteiger partial charge in [-0.15, -0.1) is 0 Å². The number of morpholine rings is 1. The number of hydrogen-bond donors (Lipinski definition) is 0. The third-order valence-corrected chi connectivity index (χ3v) is 2.55. The Hall–Kier alpha value is -0.870. The highest BCUT2D eigenvalue weighted by molar-refractivity contribution is 5.03. The van der Waals surface area contributed by atoms with E-state index >= 15 is 0 Å². The van der Waals surface area contributed by atoms with Crippen LogP contribution in [-0.4, -0.2) is 35.4 Å². The molecule has 1 fully saturated rings. The van der Waals surface area contributed by atoms with Gasteiger partial charge in [0.1, 0.15) is 0 Å². The molecule has 0 N–H and O–H groups in total. The van der Waals surface area contributed by atoms with Crippen LogP contribution in [0, 0.1) is 6.92 Å². The number of nitrogens with zero attached hydrogens (tertiary/aromatic N) is 2. The molecule has 1 aromatic heterocycles. The van der Waals surface area contributed by atoms with Crippen LogP contribution in [0.3, 0.4) is 0 Å². The maximum Gasteiger partial charge on any atom is 0.150 e. The Labute approximate surface area is 90.2 Å². The van der Waals surface area contributed by atoms with Crippen molar-refractivity contribution in [3.63, 3.8) is 0 Å². The average molecular weight is 210 g/mol. The first kappa shape index (κ1) is 10.6. The van der Waals surface area contributed by atoms with Gasteiger partial charge in [-0.05, 0) is 20.8 Å². The summed E-state index contributed by atoms with van der Waals surface area (Å²) < 4.78 is 10.9. The molecule has 15 heavy (non-hydrogen) atoms. The molecule has 4 nitrogen and oxygen atoms in total. The number of rotatable bonds is 2. The number of hydrogen-bond acceptors (Lipinski definition) is 4. The van der Waals surface area contributed by atoms with E-state index in [0.29, 0.717) is 12.2 Å². The molecular weight excluding hydrogens is 192 g/mol. The molecule has 1 aromatic rings. The lowest BCUT2D eigenvalue weighted by Gasteiger charge is -2.34. The highest BCUT2D eigenvalue weighted by Crippen LogP contribution is 2.14. The third kappa shape index (κ3) is 2.79. The predicted octanol–water partition coefficient (Wildman–Crippen LogP) is 1.59. The van der Waals surface area contributed by atoms with Gasteiger partial charge in [-0.3, -0.25) is 4.90 Å². The molecule has 84 valence electrons. The SMILES string of the molecule is Cc1cc(CN2CC(C)OC(C)C2)on1. The van der Waals surface area contributed by atoms with Crippen LogP contribution in [-0.2, 0) is 11.3 Å². The average Bonchev–Trinajstić information content (AvgIpc) is 2.49. The summed E-state index contributed by atoms with van der Waals surface area (Å²) in [5.74, 6) is 0.939. The molecule has 0 aromatic carbocycles. The summed E-state index contributed by atoms with van der Waals surface area (Å²) in [4.78, 5) is 2.35. The van der Waals surface area contributed by atoms with Crippen LogP contribution in [0.15, 0.2) is 10.6 Å². The monoisotopic (exact) mass is 210 g/mol. The molecule has 0 bridgehead atoms. The number of aryl methyl sites for hydroxylation is 1. The van der Waals surface area contributed by atoms with E-state index in [9.17, 15) is 0 Å². The van der Waals surface area contributed by atoms with E-state index in [-0.39, 0.29) is 0 Å². The summed E-state index contributed by atoms with van der Waals surface area (Å²) in [6.07, 6.45) is 0.607. The van der Waals surface area contributed by atoms with Gasteiger partial charge in [-0.2, -0.15) is 0 Å². The van der Waals surface area contributed by atoms with E-state index < -0.39 is 0 Å². The van der Waals surface area contributed by atoms with Gasteiger partial charge in [0.15, 0.2) is 5.76 Å². The van der Waals surface area contributed by atoms with E-state index in [1.165, 1.54) is 0 Å². The zero-order valence-electron chi connectivity index (χ0n) is 9.56. The Morgan fingerprint density at radius 3 is 2.60 bits per heavy atom. The standard InChI is InChI=1S/C11H18N2O2/c1-8-4-11(15-12-8)7-13-5-9(2)14-10(3)6-13/h4,9-10H,5-7H2,1-3H3. The molecule has 0 amide bonds. The quantitative estimate of drug-likeness (QED) is 0.743. The van der Waals surface area contributed by atoms with Crippen molar-refractivity contribution in [2.45, 2.75) is 39.5 Å². The van der Waals surface area contributed by atoms with Gasteiger partial charge in [0, 0.05) is 19.2 Å². The lowest BCUT2D eigenvalue weighted by molar-refractivity contribution is -0.0721. The van der Waals surface area contributed by atoms with Crippen LogP contribution < -0.4 is 0 Å². The van der Waals surface area contributed by atoms with E-state index in [2.05, 4.69) is 23.9 Å². The minimum Gasteiger partial charge on any atom is -0.373 e. The molecule has 2 heterocycles. The van der Waals surface area contributed by atoms with Crippen LogP contribution in [0.4, 0.5) is 0 Å². The first-order valence-electron chi connectivity index (χ1n) is 5.43. The van der Waals surface area contributed by atoms with E-state index in [1.54, 1.807) is 0 Å². The van der Waals surface area contributed by atoms with Crippen molar-refractivity contribution in [3.05, 3.63) is 17.5 Å². The second kappa shape index (κ2) is 4.33. The van der Waals surface area contributed by atoms with Crippen molar-refractivity contribution in [1.82, 2.24) is 10.1 Å². The van der Waals surface area contributed by atoms with Crippen LogP contribution in [0.2, 0.25) is 0 Å². The fourth-order valence-corrected chi connectivity index (χ4v) is 2.12. The molecule has 1 aliphatic heterocycles. The molecular formula is C11H18N2O2. The minimum atomic E-state index is 0.303. The van der Waals surface area contributed by atoms with Crippen molar-refractivity contribution < 1.29 is 9.26 Å². The largest absolute Gasteiger partial charge is 0.373 e.